The first-order valence-electron chi connectivity index (χ1n) is 11.2. The Morgan fingerprint density at radius 3 is 2.03 bits per heavy atom. The van der Waals surface area contributed by atoms with Crippen molar-refractivity contribution in [2.75, 3.05) is 27.3 Å². The number of hydrogen-bond donors (Lipinski definition) is 4. The molecule has 0 aromatic heterocycles. The largest absolute Gasteiger partial charge is 0.468 e. The van der Waals surface area contributed by atoms with Crippen molar-refractivity contribution in [3.63, 3.8) is 0 Å². The van der Waals surface area contributed by atoms with E-state index in [1.165, 1.54) is 19.1 Å². The van der Waals surface area contributed by atoms with Gasteiger partial charge in [0.05, 0.1) is 26.4 Å². The number of carbonyl (C=O) groups is 4. The monoisotopic (exact) mass is 489 g/mol. The van der Waals surface area contributed by atoms with Gasteiger partial charge in [-0.05, 0) is 26.7 Å². The third-order valence-corrected chi connectivity index (χ3v) is 5.23. The summed E-state index contributed by atoms with van der Waals surface area (Å²) in [6.07, 6.45) is -1.32. The second-order valence-corrected chi connectivity index (χ2v) is 9.66. The van der Waals surface area contributed by atoms with E-state index in [1.807, 2.05) is 0 Å². The zero-order chi connectivity index (χ0) is 26.2. The van der Waals surface area contributed by atoms with Crippen molar-refractivity contribution in [3.8, 4) is 0 Å². The first-order chi connectivity index (χ1) is 15.7. The lowest BCUT2D eigenvalue weighted by molar-refractivity contribution is -0.152. The summed E-state index contributed by atoms with van der Waals surface area (Å²) in [5, 5.41) is 24.2. The molecule has 2 aliphatic heterocycles. The number of rotatable bonds is 5. The van der Waals surface area contributed by atoms with E-state index in [0.717, 1.165) is 0 Å². The van der Waals surface area contributed by atoms with E-state index in [4.69, 9.17) is 14.6 Å². The summed E-state index contributed by atoms with van der Waals surface area (Å²) in [7, 11) is 2.57. The van der Waals surface area contributed by atoms with Crippen molar-refractivity contribution in [1.29, 1.82) is 0 Å². The Bertz CT molecular complexity index is 723. The Morgan fingerprint density at radius 2 is 1.59 bits per heavy atom. The molecule has 2 aliphatic rings. The summed E-state index contributed by atoms with van der Waals surface area (Å²) < 4.78 is 14.3. The lowest BCUT2D eigenvalue weighted by Crippen LogP contribution is -2.54. The Hall–Kier alpha value is -2.44. The van der Waals surface area contributed by atoms with Gasteiger partial charge < -0.3 is 40.0 Å². The van der Waals surface area contributed by atoms with E-state index >= 15 is 0 Å². The number of carbonyl (C=O) groups excluding carboxylic acids is 4. The Labute approximate surface area is 200 Å². The fourth-order valence-electron chi connectivity index (χ4n) is 3.58. The molecule has 0 aromatic rings. The first kappa shape index (κ1) is 29.6. The van der Waals surface area contributed by atoms with Gasteiger partial charge in [-0.1, -0.05) is 13.8 Å². The number of ether oxygens (including phenoxy) is 3. The molecule has 2 rings (SSSR count). The number of nitrogens with zero attached hydrogens (tertiary/aromatic N) is 1. The van der Waals surface area contributed by atoms with E-state index in [0.29, 0.717) is 13.0 Å². The molecule has 34 heavy (non-hydrogen) atoms. The van der Waals surface area contributed by atoms with Crippen LogP contribution in [-0.4, -0.2) is 102 Å². The van der Waals surface area contributed by atoms with Gasteiger partial charge in [-0.25, -0.2) is 9.59 Å². The summed E-state index contributed by atoms with van der Waals surface area (Å²) in [6.45, 7) is 9.24. The molecule has 0 saturated carbocycles. The predicted molar refractivity (Wildman–Crippen MR) is 121 cm³/mol. The number of aliphatic hydroxyl groups excluding tert-OH is 2. The van der Waals surface area contributed by atoms with Crippen LogP contribution in [0.15, 0.2) is 0 Å². The number of esters is 2. The standard InChI is InChI=1S/C16H28N2O6.C6H11NO3/c1-9(2)12(17-15(22)24-16(3,4)5)13(20)18-8-10(19)7-11(18)14(21)23-6;1-10-6(9)5-2-4(8)3-7-5/h9-12,19H,7-8H2,1-6H3,(H,17,22);4-5,7-8H,2-3H2,1H3/t10-,11-,12-;4-,5-/m00/s1. The maximum absolute atomic E-state index is 12.8. The van der Waals surface area contributed by atoms with Gasteiger partial charge in [-0.3, -0.25) is 9.59 Å². The van der Waals surface area contributed by atoms with Gasteiger partial charge in [-0.15, -0.1) is 0 Å². The predicted octanol–water partition coefficient (Wildman–Crippen LogP) is -0.447. The molecule has 4 N–H and O–H groups in total. The third-order valence-electron chi connectivity index (χ3n) is 5.23. The van der Waals surface area contributed by atoms with Gasteiger partial charge in [0.1, 0.15) is 23.7 Å². The molecule has 0 aliphatic carbocycles. The molecule has 0 spiro atoms. The molecular formula is C22H39N3O9. The number of likely N-dealkylation sites (tertiary alicyclic amines) is 1. The van der Waals surface area contributed by atoms with Gasteiger partial charge in [-0.2, -0.15) is 0 Å². The summed E-state index contributed by atoms with van der Waals surface area (Å²) in [5.74, 6) is -1.54. The maximum Gasteiger partial charge on any atom is 0.408 e. The van der Waals surface area contributed by atoms with Crippen LogP contribution in [0.5, 0.6) is 0 Å². The van der Waals surface area contributed by atoms with Crippen molar-refractivity contribution >= 4 is 23.9 Å². The highest BCUT2D eigenvalue weighted by Crippen LogP contribution is 2.22. The number of alkyl carbamates (subject to hydrolysis) is 1. The van der Waals surface area contributed by atoms with Crippen LogP contribution in [0.1, 0.15) is 47.5 Å². The van der Waals surface area contributed by atoms with E-state index in [2.05, 4.69) is 15.4 Å². The molecule has 196 valence electrons. The van der Waals surface area contributed by atoms with Crippen LogP contribution in [0.3, 0.4) is 0 Å². The second kappa shape index (κ2) is 12.9. The lowest BCUT2D eigenvalue weighted by atomic mass is 10.0. The van der Waals surface area contributed by atoms with Gasteiger partial charge in [0, 0.05) is 25.9 Å². The second-order valence-electron chi connectivity index (χ2n) is 9.66. The molecule has 0 radical (unpaired) electrons. The number of nitrogens with one attached hydrogen (secondary N) is 2. The van der Waals surface area contributed by atoms with Crippen LogP contribution >= 0.6 is 0 Å². The van der Waals surface area contributed by atoms with Gasteiger partial charge in [0.25, 0.3) is 0 Å². The smallest absolute Gasteiger partial charge is 0.408 e. The number of hydrogen-bond acceptors (Lipinski definition) is 10. The van der Waals surface area contributed by atoms with Crippen LogP contribution in [0, 0.1) is 5.92 Å². The molecule has 0 bridgehead atoms. The quantitative estimate of drug-likeness (QED) is 0.294. The summed E-state index contributed by atoms with van der Waals surface area (Å²) in [6, 6.07) is -2.02. The van der Waals surface area contributed by atoms with Crippen LogP contribution < -0.4 is 10.6 Å². The highest BCUT2D eigenvalue weighted by molar-refractivity contribution is 5.90. The molecule has 2 amide bonds. The normalized spacial score (nSPS) is 25.2. The number of amides is 2. The number of β-amino-alcohol motifs (C(OH)–C–C–N with tert-alkyl or cyclic N) is 2. The van der Waals surface area contributed by atoms with E-state index in [9.17, 15) is 24.3 Å². The molecule has 0 unspecified atom stereocenters. The number of aliphatic hydroxyl groups is 2. The van der Waals surface area contributed by atoms with Crippen molar-refractivity contribution in [2.24, 2.45) is 5.92 Å². The minimum atomic E-state index is -0.864. The van der Waals surface area contributed by atoms with Gasteiger partial charge in [0.15, 0.2) is 0 Å². The molecule has 2 heterocycles. The fourth-order valence-corrected chi connectivity index (χ4v) is 3.58. The molecule has 12 heteroatoms. The third kappa shape index (κ3) is 9.07. The van der Waals surface area contributed by atoms with Crippen molar-refractivity contribution in [3.05, 3.63) is 0 Å². The van der Waals surface area contributed by atoms with E-state index in [1.54, 1.807) is 34.6 Å². The zero-order valence-corrected chi connectivity index (χ0v) is 21.0. The molecular weight excluding hydrogens is 450 g/mol. The SMILES string of the molecule is COC(=O)[C@@H]1C[C@H](O)CN1.COC(=O)[C@@H]1C[C@H](O)CN1C(=O)[C@@H](NC(=O)OC(C)(C)C)C(C)C. The fraction of sp³-hybridized carbons (Fsp3) is 0.818. The summed E-state index contributed by atoms with van der Waals surface area (Å²) in [5.41, 5.74) is -0.687. The Morgan fingerprint density at radius 1 is 1.00 bits per heavy atom. The molecule has 2 fully saturated rings. The highest BCUT2D eigenvalue weighted by Gasteiger charge is 2.43. The minimum Gasteiger partial charge on any atom is -0.468 e. The van der Waals surface area contributed by atoms with Crippen LogP contribution in [0.2, 0.25) is 0 Å². The summed E-state index contributed by atoms with van der Waals surface area (Å²) >= 11 is 0. The topological polar surface area (TPSA) is 164 Å². The van der Waals surface area contributed by atoms with E-state index in [-0.39, 0.29) is 30.9 Å². The van der Waals surface area contributed by atoms with Gasteiger partial charge >= 0.3 is 18.0 Å². The molecule has 12 nitrogen and oxygen atoms in total. The van der Waals surface area contributed by atoms with Crippen molar-refractivity contribution in [2.45, 2.75) is 83.4 Å². The van der Waals surface area contributed by atoms with Crippen LogP contribution in [0.25, 0.3) is 0 Å². The highest BCUT2D eigenvalue weighted by atomic mass is 16.6. The Balaban J connectivity index is 0.000000479. The number of methoxy groups -OCH3 is 2. The minimum absolute atomic E-state index is 0.0256. The average Bonchev–Trinajstić information content (AvgIpc) is 3.35. The van der Waals surface area contributed by atoms with Crippen molar-refractivity contribution < 1.29 is 43.6 Å². The lowest BCUT2D eigenvalue weighted by Gasteiger charge is -2.30. The zero-order valence-electron chi connectivity index (χ0n) is 21.0. The van der Waals surface area contributed by atoms with Gasteiger partial charge in [0.2, 0.25) is 5.91 Å². The maximum atomic E-state index is 12.8. The Kier molecular flexibility index (Phi) is 11.2. The molecule has 5 atom stereocenters. The van der Waals surface area contributed by atoms with E-state index < -0.39 is 47.9 Å². The molecule has 0 aromatic carbocycles. The van der Waals surface area contributed by atoms with Crippen LogP contribution in [-0.2, 0) is 28.6 Å². The summed E-state index contributed by atoms with van der Waals surface area (Å²) in [4.78, 5) is 48.6. The van der Waals surface area contributed by atoms with Crippen LogP contribution in [0.4, 0.5) is 4.79 Å². The first-order valence-corrected chi connectivity index (χ1v) is 11.2. The molecule has 2 saturated heterocycles. The van der Waals surface area contributed by atoms with Crippen molar-refractivity contribution in [1.82, 2.24) is 15.5 Å². The average molecular weight is 490 g/mol.